The molecule has 0 aliphatic heterocycles. The largest absolute Gasteiger partial charge is 0.326 e. The second-order valence-corrected chi connectivity index (χ2v) is 5.78. The van der Waals surface area contributed by atoms with Crippen LogP contribution in [-0.4, -0.2) is 14.7 Å². The van der Waals surface area contributed by atoms with Gasteiger partial charge in [-0.1, -0.05) is 24.3 Å². The minimum absolute atomic E-state index is 0.450. The monoisotopic (exact) mass is 213 g/mol. The lowest BCUT2D eigenvalue weighted by Gasteiger charge is -2.09. The van der Waals surface area contributed by atoms with Gasteiger partial charge in [-0.15, -0.1) is 0 Å². The molecule has 0 aliphatic rings. The molecule has 1 unspecified atom stereocenters. The first-order valence-electron chi connectivity index (χ1n) is 4.43. The number of rotatable bonds is 3. The summed E-state index contributed by atoms with van der Waals surface area (Å²) in [5, 5.41) is -0.450. The molecule has 2 N–H and O–H groups in total. The maximum atomic E-state index is 11.3. The second-order valence-electron chi connectivity index (χ2n) is 3.42. The zero-order chi connectivity index (χ0) is 10.8. The van der Waals surface area contributed by atoms with Crippen LogP contribution in [0, 0.1) is 0 Å². The van der Waals surface area contributed by atoms with Crippen LogP contribution in [-0.2, 0) is 16.4 Å². The van der Waals surface area contributed by atoms with E-state index in [9.17, 15) is 8.42 Å². The number of hydrogen-bond acceptors (Lipinski definition) is 3. The Morgan fingerprint density at radius 1 is 1.29 bits per heavy atom. The molecule has 0 aromatic heterocycles. The lowest BCUT2D eigenvalue weighted by molar-refractivity contribution is 0.592. The van der Waals surface area contributed by atoms with Gasteiger partial charge in [-0.25, -0.2) is 8.42 Å². The van der Waals surface area contributed by atoms with Gasteiger partial charge in [-0.05, 0) is 18.1 Å². The van der Waals surface area contributed by atoms with E-state index in [4.69, 9.17) is 5.73 Å². The van der Waals surface area contributed by atoms with Gasteiger partial charge in [0.25, 0.3) is 0 Å². The summed E-state index contributed by atoms with van der Waals surface area (Å²) in [5.41, 5.74) is 7.26. The van der Waals surface area contributed by atoms with Crippen molar-refractivity contribution in [1.82, 2.24) is 0 Å². The Kier molecular flexibility index (Phi) is 3.29. The number of hydrogen-bond donors (Lipinski definition) is 1. The van der Waals surface area contributed by atoms with Gasteiger partial charge in [-0.2, -0.15) is 0 Å². The fraction of sp³-hybridized carbons (Fsp3) is 0.400. The maximum Gasteiger partial charge on any atom is 0.154 e. The van der Waals surface area contributed by atoms with Crippen molar-refractivity contribution in [3.63, 3.8) is 0 Å². The summed E-state index contributed by atoms with van der Waals surface area (Å²) in [5.74, 6) is 0. The van der Waals surface area contributed by atoms with E-state index in [2.05, 4.69) is 0 Å². The van der Waals surface area contributed by atoms with Gasteiger partial charge in [-0.3, -0.25) is 0 Å². The summed E-state index contributed by atoms with van der Waals surface area (Å²) in [7, 11) is -3.01. The van der Waals surface area contributed by atoms with Gasteiger partial charge < -0.3 is 5.73 Å². The Bertz CT molecular complexity index is 395. The van der Waals surface area contributed by atoms with Crippen molar-refractivity contribution in [1.29, 1.82) is 0 Å². The highest BCUT2D eigenvalue weighted by molar-refractivity contribution is 7.90. The van der Waals surface area contributed by atoms with Crippen LogP contribution < -0.4 is 5.73 Å². The third-order valence-electron chi connectivity index (χ3n) is 2.33. The fourth-order valence-corrected chi connectivity index (χ4v) is 1.82. The van der Waals surface area contributed by atoms with Crippen molar-refractivity contribution in [3.05, 3.63) is 35.4 Å². The molecule has 78 valence electrons. The van der Waals surface area contributed by atoms with E-state index in [1.54, 1.807) is 6.92 Å². The second kappa shape index (κ2) is 4.11. The van der Waals surface area contributed by atoms with E-state index in [1.807, 2.05) is 24.3 Å². The van der Waals surface area contributed by atoms with E-state index >= 15 is 0 Å². The summed E-state index contributed by atoms with van der Waals surface area (Å²) in [4.78, 5) is 0. The van der Waals surface area contributed by atoms with Gasteiger partial charge >= 0.3 is 0 Å². The van der Waals surface area contributed by atoms with Crippen molar-refractivity contribution in [2.75, 3.05) is 6.26 Å². The molecule has 0 radical (unpaired) electrons. The molecule has 1 rings (SSSR count). The molecule has 0 spiro atoms. The van der Waals surface area contributed by atoms with Crippen LogP contribution >= 0.6 is 0 Å². The third kappa shape index (κ3) is 2.56. The summed E-state index contributed by atoms with van der Waals surface area (Å²) in [6.45, 7) is 2.17. The molecule has 4 heteroatoms. The van der Waals surface area contributed by atoms with Gasteiger partial charge in [0.1, 0.15) is 0 Å². The molecule has 0 heterocycles. The molecule has 0 saturated heterocycles. The Balaban J connectivity index is 2.98. The lowest BCUT2D eigenvalue weighted by Crippen LogP contribution is -2.07. The smallest absolute Gasteiger partial charge is 0.154 e. The lowest BCUT2D eigenvalue weighted by atomic mass is 10.1. The zero-order valence-corrected chi connectivity index (χ0v) is 9.21. The molecule has 0 saturated carbocycles. The summed E-state index contributed by atoms with van der Waals surface area (Å²) >= 11 is 0. The quantitative estimate of drug-likeness (QED) is 0.822. The highest BCUT2D eigenvalue weighted by Gasteiger charge is 2.16. The normalized spacial score (nSPS) is 13.9. The Labute approximate surface area is 84.9 Å². The van der Waals surface area contributed by atoms with Crippen molar-refractivity contribution < 1.29 is 8.42 Å². The molecule has 1 aromatic carbocycles. The minimum atomic E-state index is -3.01. The first kappa shape index (κ1) is 11.2. The Hall–Kier alpha value is -0.870. The molecule has 0 aliphatic carbocycles. The third-order valence-corrected chi connectivity index (χ3v) is 3.88. The maximum absolute atomic E-state index is 11.3. The summed E-state index contributed by atoms with van der Waals surface area (Å²) in [6.07, 6.45) is 1.24. The first-order valence-corrected chi connectivity index (χ1v) is 6.38. The molecule has 0 amide bonds. The van der Waals surface area contributed by atoms with E-state index in [0.29, 0.717) is 6.54 Å². The summed E-state index contributed by atoms with van der Waals surface area (Å²) < 4.78 is 22.5. The fourth-order valence-electron chi connectivity index (χ4n) is 1.17. The predicted octanol–water partition coefficient (Wildman–Crippen LogP) is 1.25. The van der Waals surface area contributed by atoms with E-state index < -0.39 is 15.1 Å². The van der Waals surface area contributed by atoms with E-state index in [-0.39, 0.29) is 0 Å². The highest BCUT2D eigenvalue weighted by Crippen LogP contribution is 2.20. The number of nitrogens with two attached hydrogens (primary N) is 1. The van der Waals surface area contributed by atoms with Crippen molar-refractivity contribution in [3.8, 4) is 0 Å². The minimum Gasteiger partial charge on any atom is -0.326 e. The standard InChI is InChI=1S/C10H15NO2S/c1-8(14(2,12)13)10-5-3-9(7-11)4-6-10/h3-6,8H,7,11H2,1-2H3. The summed E-state index contributed by atoms with van der Waals surface area (Å²) in [6, 6.07) is 7.34. The zero-order valence-electron chi connectivity index (χ0n) is 8.40. The van der Waals surface area contributed by atoms with Gasteiger partial charge in [0, 0.05) is 12.8 Å². The van der Waals surface area contributed by atoms with Crippen molar-refractivity contribution in [2.24, 2.45) is 5.73 Å². The van der Waals surface area contributed by atoms with E-state index in [1.165, 1.54) is 6.26 Å². The molecule has 1 aromatic rings. The van der Waals surface area contributed by atoms with Crippen LogP contribution in [0.3, 0.4) is 0 Å². The Morgan fingerprint density at radius 2 is 1.79 bits per heavy atom. The van der Waals surface area contributed by atoms with Gasteiger partial charge in [0.15, 0.2) is 9.84 Å². The van der Waals surface area contributed by atoms with Crippen molar-refractivity contribution in [2.45, 2.75) is 18.7 Å². The molecule has 0 bridgehead atoms. The SMILES string of the molecule is CC(c1ccc(CN)cc1)S(C)(=O)=O. The molecule has 1 atom stereocenters. The van der Waals surface area contributed by atoms with Crippen LogP contribution in [0.5, 0.6) is 0 Å². The highest BCUT2D eigenvalue weighted by atomic mass is 32.2. The van der Waals surface area contributed by atoms with Crippen molar-refractivity contribution >= 4 is 9.84 Å². The number of benzene rings is 1. The molecular formula is C10H15NO2S. The Morgan fingerprint density at radius 3 is 2.14 bits per heavy atom. The topological polar surface area (TPSA) is 60.2 Å². The predicted molar refractivity (Wildman–Crippen MR) is 57.6 cm³/mol. The number of sulfone groups is 1. The molecule has 0 fully saturated rings. The average Bonchev–Trinajstić information content (AvgIpc) is 2.15. The van der Waals surface area contributed by atoms with Crippen LogP contribution in [0.4, 0.5) is 0 Å². The molecular weight excluding hydrogens is 198 g/mol. The van der Waals surface area contributed by atoms with Gasteiger partial charge in [0.2, 0.25) is 0 Å². The first-order chi connectivity index (χ1) is 6.45. The van der Waals surface area contributed by atoms with Crippen LogP contribution in [0.1, 0.15) is 23.3 Å². The molecule has 14 heavy (non-hydrogen) atoms. The van der Waals surface area contributed by atoms with Crippen LogP contribution in [0.15, 0.2) is 24.3 Å². The molecule has 3 nitrogen and oxygen atoms in total. The van der Waals surface area contributed by atoms with E-state index in [0.717, 1.165) is 11.1 Å². The van der Waals surface area contributed by atoms with Crippen LogP contribution in [0.25, 0.3) is 0 Å². The average molecular weight is 213 g/mol. The van der Waals surface area contributed by atoms with Crippen LogP contribution in [0.2, 0.25) is 0 Å². The van der Waals surface area contributed by atoms with Gasteiger partial charge in [0.05, 0.1) is 5.25 Å².